The number of likely N-dealkylation sites (tertiary alicyclic amines) is 1. The number of thiazole rings is 1. The molecule has 19 heteroatoms. The van der Waals surface area contributed by atoms with E-state index in [1.807, 2.05) is 100 Å². The van der Waals surface area contributed by atoms with Gasteiger partial charge in [-0.05, 0) is 87.4 Å². The Morgan fingerprint density at radius 1 is 0.943 bits per heavy atom. The molecular formula is C51H57ClN10O6S2. The molecule has 4 N–H and O–H groups in total. The monoisotopic (exact) mass is 1000 g/mol. The number of carbonyl (C=O) groups excluding carboxylic acids is 4. The normalized spacial score (nSPS) is 17.4. The average Bonchev–Trinajstić information content (AvgIpc) is 4.10. The number of pyridine rings is 1. The highest BCUT2D eigenvalue weighted by molar-refractivity contribution is 7.15. The lowest BCUT2D eigenvalue weighted by molar-refractivity contribution is -0.142. The van der Waals surface area contributed by atoms with Gasteiger partial charge >= 0.3 is 0 Å². The summed E-state index contributed by atoms with van der Waals surface area (Å²) in [5, 5.41) is 30.0. The summed E-state index contributed by atoms with van der Waals surface area (Å²) in [6, 6.07) is 15.6. The largest absolute Gasteiger partial charge is 0.492 e. The van der Waals surface area contributed by atoms with Crippen molar-refractivity contribution in [2.45, 2.75) is 105 Å². The SMILES string of the molecule is Cc1ncsc1-c1ccc([C@H](C)NC(=O)[C@@H]2C[C@@H](O)CN2C(=O)[C@@H](NC(=O)c2ccc(OCCCNC(=O)CC3N=C(c4ccc(Cl)cc4)c4c(sc(C)c4C)-n4c(C)nnc43)cn2)C(C)(C)C)cc1. The van der Waals surface area contributed by atoms with E-state index in [0.717, 1.165) is 54.0 Å². The van der Waals surface area contributed by atoms with Crippen molar-refractivity contribution in [1.82, 2.24) is 45.6 Å². The molecule has 366 valence electrons. The number of hydrogen-bond acceptors (Lipinski definition) is 13. The van der Waals surface area contributed by atoms with Crippen molar-refractivity contribution in [2.24, 2.45) is 10.4 Å². The molecule has 1 fully saturated rings. The zero-order valence-corrected chi connectivity index (χ0v) is 42.8. The third kappa shape index (κ3) is 10.8. The van der Waals surface area contributed by atoms with Crippen LogP contribution in [0.4, 0.5) is 0 Å². The average molecular weight is 1010 g/mol. The van der Waals surface area contributed by atoms with Crippen molar-refractivity contribution in [2.75, 3.05) is 19.7 Å². The molecule has 0 aliphatic carbocycles. The number of aliphatic hydroxyl groups excluding tert-OH is 1. The van der Waals surface area contributed by atoms with Crippen LogP contribution in [0, 0.1) is 33.1 Å². The minimum absolute atomic E-state index is 0.0502. The fourth-order valence-electron chi connectivity index (χ4n) is 8.69. The Bertz CT molecular complexity index is 2920. The smallest absolute Gasteiger partial charge is 0.270 e. The van der Waals surface area contributed by atoms with E-state index in [1.54, 1.807) is 28.7 Å². The molecule has 6 heterocycles. The molecule has 4 aromatic heterocycles. The van der Waals surface area contributed by atoms with Gasteiger partial charge in [0.2, 0.25) is 17.7 Å². The van der Waals surface area contributed by atoms with Gasteiger partial charge in [0.1, 0.15) is 40.4 Å². The summed E-state index contributed by atoms with van der Waals surface area (Å²) in [6.45, 7) is 15.9. The number of hydrogen-bond donors (Lipinski definition) is 4. The maximum absolute atomic E-state index is 14.2. The lowest BCUT2D eigenvalue weighted by Gasteiger charge is -2.35. The number of ether oxygens (including phenoxy) is 1. The molecule has 2 aromatic carbocycles. The Hall–Kier alpha value is -6.34. The van der Waals surface area contributed by atoms with Gasteiger partial charge in [-0.2, -0.15) is 0 Å². The topological polar surface area (TPSA) is 206 Å². The summed E-state index contributed by atoms with van der Waals surface area (Å²) < 4.78 is 7.91. The number of fused-ring (bicyclic) bond motifs is 3. The molecular weight excluding hydrogens is 948 g/mol. The second kappa shape index (κ2) is 20.9. The molecule has 0 saturated carbocycles. The maximum atomic E-state index is 14.2. The summed E-state index contributed by atoms with van der Waals surface area (Å²) >= 11 is 9.46. The Labute approximate surface area is 420 Å². The number of nitrogens with zero attached hydrogens (tertiary/aromatic N) is 7. The number of aliphatic imine (C=N–C) groups is 1. The summed E-state index contributed by atoms with van der Waals surface area (Å²) in [4.78, 5) is 72.5. The lowest BCUT2D eigenvalue weighted by atomic mass is 9.85. The van der Waals surface area contributed by atoms with Crippen molar-refractivity contribution in [3.63, 3.8) is 0 Å². The van der Waals surface area contributed by atoms with Gasteiger partial charge in [0.05, 0.1) is 53.2 Å². The Morgan fingerprint density at radius 2 is 1.67 bits per heavy atom. The van der Waals surface area contributed by atoms with E-state index in [0.29, 0.717) is 35.4 Å². The van der Waals surface area contributed by atoms with Crippen LogP contribution in [0.1, 0.15) is 114 Å². The predicted octanol–water partition coefficient (Wildman–Crippen LogP) is 7.59. The molecule has 1 saturated heterocycles. The van der Waals surface area contributed by atoms with Gasteiger partial charge in [-0.1, -0.05) is 68.8 Å². The summed E-state index contributed by atoms with van der Waals surface area (Å²) in [5.74, 6) is 0.0701. The summed E-state index contributed by atoms with van der Waals surface area (Å²) in [7, 11) is 0. The van der Waals surface area contributed by atoms with Gasteiger partial charge in [0, 0.05) is 40.5 Å². The highest BCUT2D eigenvalue weighted by atomic mass is 35.5. The van der Waals surface area contributed by atoms with Crippen LogP contribution in [-0.2, 0) is 14.4 Å². The Kier molecular flexibility index (Phi) is 15.0. The number of benzene rings is 2. The fourth-order valence-corrected chi connectivity index (χ4v) is 10.8. The highest BCUT2D eigenvalue weighted by Gasteiger charge is 2.45. The van der Waals surface area contributed by atoms with Crippen LogP contribution in [-0.4, -0.2) is 102 Å². The number of aryl methyl sites for hydroxylation is 3. The van der Waals surface area contributed by atoms with Crippen molar-refractivity contribution < 1.29 is 29.0 Å². The van der Waals surface area contributed by atoms with Gasteiger partial charge in [-0.25, -0.2) is 9.97 Å². The molecule has 8 rings (SSSR count). The number of rotatable bonds is 15. The predicted molar refractivity (Wildman–Crippen MR) is 271 cm³/mol. The van der Waals surface area contributed by atoms with Crippen LogP contribution in [0.5, 0.6) is 5.75 Å². The number of β-amino-alcohol motifs (C(OH)–C–C–N with tert-alkyl or cyclic N) is 1. The van der Waals surface area contributed by atoms with Gasteiger partial charge < -0.3 is 30.7 Å². The molecule has 1 unspecified atom stereocenters. The van der Waals surface area contributed by atoms with Crippen molar-refractivity contribution in [1.29, 1.82) is 0 Å². The Balaban J connectivity index is 0.836. The van der Waals surface area contributed by atoms with Gasteiger partial charge in [-0.3, -0.25) is 28.7 Å². The minimum Gasteiger partial charge on any atom is -0.492 e. The molecule has 4 amide bonds. The van der Waals surface area contributed by atoms with Crippen LogP contribution < -0.4 is 20.7 Å². The van der Waals surface area contributed by atoms with E-state index in [2.05, 4.69) is 50.0 Å². The van der Waals surface area contributed by atoms with Crippen molar-refractivity contribution >= 4 is 63.6 Å². The zero-order chi connectivity index (χ0) is 50.0. The van der Waals surface area contributed by atoms with E-state index in [-0.39, 0.29) is 43.6 Å². The van der Waals surface area contributed by atoms with Gasteiger partial charge in [-0.15, -0.1) is 32.9 Å². The van der Waals surface area contributed by atoms with Crippen molar-refractivity contribution in [3.8, 4) is 21.2 Å². The number of aliphatic hydroxyl groups is 1. The van der Waals surface area contributed by atoms with Crippen LogP contribution in [0.25, 0.3) is 15.4 Å². The highest BCUT2D eigenvalue weighted by Crippen LogP contribution is 2.40. The fraction of sp³-hybridized carbons (Fsp3) is 0.392. The molecule has 16 nitrogen and oxygen atoms in total. The van der Waals surface area contributed by atoms with E-state index in [4.69, 9.17) is 21.3 Å². The number of aromatic nitrogens is 5. The van der Waals surface area contributed by atoms with E-state index in [1.165, 1.54) is 17.2 Å². The maximum Gasteiger partial charge on any atom is 0.270 e. The number of halogens is 1. The van der Waals surface area contributed by atoms with Gasteiger partial charge in [0.25, 0.3) is 5.91 Å². The molecule has 2 aliphatic rings. The number of nitrogens with one attached hydrogen (secondary N) is 3. The first-order valence-corrected chi connectivity index (χ1v) is 25.3. The number of carbonyl (C=O) groups is 4. The third-order valence-electron chi connectivity index (χ3n) is 12.6. The molecule has 5 atom stereocenters. The molecule has 70 heavy (non-hydrogen) atoms. The Morgan fingerprint density at radius 3 is 2.34 bits per heavy atom. The molecule has 2 aliphatic heterocycles. The minimum atomic E-state index is -1.04. The third-order valence-corrected chi connectivity index (χ3v) is 15.1. The van der Waals surface area contributed by atoms with E-state index >= 15 is 0 Å². The number of amides is 4. The van der Waals surface area contributed by atoms with Crippen LogP contribution >= 0.6 is 34.3 Å². The van der Waals surface area contributed by atoms with Crippen LogP contribution in [0.15, 0.2) is 77.4 Å². The quantitative estimate of drug-likeness (QED) is 0.0742. The van der Waals surface area contributed by atoms with Gasteiger partial charge in [0.15, 0.2) is 5.82 Å². The molecule has 0 spiro atoms. The van der Waals surface area contributed by atoms with E-state index in [9.17, 15) is 24.3 Å². The van der Waals surface area contributed by atoms with E-state index < -0.39 is 47.4 Å². The van der Waals surface area contributed by atoms with Crippen LogP contribution in [0.2, 0.25) is 5.02 Å². The van der Waals surface area contributed by atoms with Crippen molar-refractivity contribution in [3.05, 3.63) is 128 Å². The first-order valence-electron chi connectivity index (χ1n) is 23.2. The first kappa shape index (κ1) is 50.1. The first-order chi connectivity index (χ1) is 33.4. The standard InChI is InChI=1S/C51H57ClN10O6S2/c1-27-30(4)70-50-42(27)43(33-14-16-35(52)17-15-33)57-39(46-60-59-31(5)62(46)50)23-41(64)53-20-9-21-68-37-18-19-38(54-24-37)47(65)58-45(51(6,7)8)49(67)61-25-36(63)22-40(61)48(66)56-28(2)32-10-12-34(13-11-32)44-29(3)55-26-69-44/h10-19,24,26,28,36,39-40,45,63H,9,20-23,25H2,1-8H3,(H,53,64)(H,56,66)(H,58,65)/t28-,36+,39?,40-,45+/m0/s1. The number of thiophene rings is 1. The van der Waals surface area contributed by atoms with Crippen LogP contribution in [0.3, 0.4) is 0 Å². The second-order valence-electron chi connectivity index (χ2n) is 18.8. The summed E-state index contributed by atoms with van der Waals surface area (Å²) in [6.07, 6.45) is 1.13. The molecule has 0 radical (unpaired) electrons. The molecule has 6 aromatic rings. The lowest BCUT2D eigenvalue weighted by Crippen LogP contribution is -2.58. The summed E-state index contributed by atoms with van der Waals surface area (Å²) in [5.41, 5.74) is 7.75. The zero-order valence-electron chi connectivity index (χ0n) is 40.4. The molecule has 0 bridgehead atoms. The second-order valence-corrected chi connectivity index (χ2v) is 21.3.